The zero-order valence-corrected chi connectivity index (χ0v) is 12.1. The average Bonchev–Trinajstić information content (AvgIpc) is 2.63. The summed E-state index contributed by atoms with van der Waals surface area (Å²) in [6, 6.07) is 8.42. The minimum Gasteiger partial charge on any atom is -0.327 e. The smallest absolute Gasteiger partial charge is 0.0897 e. The van der Waals surface area contributed by atoms with Gasteiger partial charge in [0, 0.05) is 22.3 Å². The molecule has 4 heteroatoms. The minimum atomic E-state index is 0.130. The van der Waals surface area contributed by atoms with E-state index in [0.29, 0.717) is 0 Å². The number of hydrogen-bond acceptors (Lipinski definition) is 3. The summed E-state index contributed by atoms with van der Waals surface area (Å²) in [6.07, 6.45) is 1.73. The zero-order chi connectivity index (χ0) is 12.3. The fourth-order valence-electron chi connectivity index (χ4n) is 1.81. The highest BCUT2D eigenvalue weighted by Gasteiger charge is 2.08. The van der Waals surface area contributed by atoms with E-state index in [0.717, 1.165) is 28.0 Å². The molecular formula is C13H15BrN2S. The van der Waals surface area contributed by atoms with Gasteiger partial charge in [0.15, 0.2) is 0 Å². The lowest BCUT2D eigenvalue weighted by Crippen LogP contribution is -2.25. The van der Waals surface area contributed by atoms with Gasteiger partial charge in [0.1, 0.15) is 0 Å². The molecule has 0 aliphatic heterocycles. The summed E-state index contributed by atoms with van der Waals surface area (Å²) in [5.41, 5.74) is 8.52. The quantitative estimate of drug-likeness (QED) is 0.940. The molecule has 2 rings (SSSR count). The van der Waals surface area contributed by atoms with Crippen molar-refractivity contribution in [2.45, 2.75) is 25.8 Å². The second-order valence-electron chi connectivity index (χ2n) is 4.16. The topological polar surface area (TPSA) is 38.9 Å². The highest BCUT2D eigenvalue weighted by Crippen LogP contribution is 2.15. The normalized spacial score (nSPS) is 12.6. The monoisotopic (exact) mass is 310 g/mol. The predicted octanol–water partition coefficient (Wildman–Crippen LogP) is 3.33. The summed E-state index contributed by atoms with van der Waals surface area (Å²) in [5, 5.41) is 3.20. The summed E-state index contributed by atoms with van der Waals surface area (Å²) in [7, 11) is 0. The van der Waals surface area contributed by atoms with Crippen molar-refractivity contribution >= 4 is 27.3 Å². The largest absolute Gasteiger partial charge is 0.327 e. The van der Waals surface area contributed by atoms with Crippen molar-refractivity contribution in [2.24, 2.45) is 5.73 Å². The van der Waals surface area contributed by atoms with Gasteiger partial charge in [-0.3, -0.25) is 0 Å². The molecule has 0 saturated heterocycles. The molecule has 1 aromatic heterocycles. The second kappa shape index (κ2) is 5.76. The molecule has 2 N–H and O–H groups in total. The second-order valence-corrected chi connectivity index (χ2v) is 6.13. The van der Waals surface area contributed by atoms with Crippen LogP contribution in [0.1, 0.15) is 16.3 Å². The van der Waals surface area contributed by atoms with Crippen LogP contribution in [0, 0.1) is 6.92 Å². The van der Waals surface area contributed by atoms with Gasteiger partial charge in [-0.05, 0) is 31.0 Å². The molecular weight excluding hydrogens is 296 g/mol. The molecule has 0 fully saturated rings. The summed E-state index contributed by atoms with van der Waals surface area (Å²) < 4.78 is 1.10. The molecule has 2 aromatic rings. The van der Waals surface area contributed by atoms with E-state index in [2.05, 4.69) is 38.4 Å². The Kier molecular flexibility index (Phi) is 4.31. The van der Waals surface area contributed by atoms with Gasteiger partial charge in [0.2, 0.25) is 0 Å². The van der Waals surface area contributed by atoms with Gasteiger partial charge < -0.3 is 5.73 Å². The number of thiazole rings is 1. The number of rotatable bonds is 4. The van der Waals surface area contributed by atoms with E-state index in [4.69, 9.17) is 5.73 Å². The number of nitrogens with two attached hydrogens (primary N) is 1. The molecule has 0 aliphatic rings. The van der Waals surface area contributed by atoms with Crippen molar-refractivity contribution in [3.63, 3.8) is 0 Å². The summed E-state index contributed by atoms with van der Waals surface area (Å²) >= 11 is 5.15. The Balaban J connectivity index is 1.95. The first kappa shape index (κ1) is 12.7. The molecule has 1 heterocycles. The molecule has 17 heavy (non-hydrogen) atoms. The number of benzene rings is 1. The molecule has 90 valence electrons. The van der Waals surface area contributed by atoms with Crippen LogP contribution >= 0.6 is 27.3 Å². The average molecular weight is 311 g/mol. The highest BCUT2D eigenvalue weighted by molar-refractivity contribution is 9.10. The van der Waals surface area contributed by atoms with Gasteiger partial charge in [-0.2, -0.15) is 0 Å². The number of nitrogens with zero attached hydrogens (tertiary/aromatic N) is 1. The first-order valence-corrected chi connectivity index (χ1v) is 7.22. The third-order valence-electron chi connectivity index (χ3n) is 2.52. The van der Waals surface area contributed by atoms with Crippen LogP contribution in [-0.4, -0.2) is 11.0 Å². The van der Waals surface area contributed by atoms with Gasteiger partial charge in [0.05, 0.1) is 10.7 Å². The Bertz CT molecular complexity index is 496. The van der Waals surface area contributed by atoms with Crippen LogP contribution in [0.3, 0.4) is 0 Å². The van der Waals surface area contributed by atoms with E-state index in [1.54, 1.807) is 11.3 Å². The molecule has 1 atom stereocenters. The maximum absolute atomic E-state index is 6.15. The van der Waals surface area contributed by atoms with Gasteiger partial charge >= 0.3 is 0 Å². The van der Waals surface area contributed by atoms with Crippen molar-refractivity contribution < 1.29 is 0 Å². The molecule has 0 saturated carbocycles. The fourth-order valence-corrected chi connectivity index (χ4v) is 2.88. The maximum atomic E-state index is 6.15. The molecule has 0 amide bonds. The first-order valence-electron chi connectivity index (χ1n) is 5.54. The molecule has 0 bridgehead atoms. The Morgan fingerprint density at radius 1 is 1.41 bits per heavy atom. The molecule has 1 unspecified atom stereocenters. The van der Waals surface area contributed by atoms with Crippen LogP contribution in [0.4, 0.5) is 0 Å². The van der Waals surface area contributed by atoms with Crippen LogP contribution in [0.15, 0.2) is 34.1 Å². The van der Waals surface area contributed by atoms with Crippen LogP contribution in [0.2, 0.25) is 0 Å². The van der Waals surface area contributed by atoms with Crippen LogP contribution < -0.4 is 5.73 Å². The lowest BCUT2D eigenvalue weighted by atomic mass is 10.0. The molecule has 1 aromatic carbocycles. The van der Waals surface area contributed by atoms with E-state index < -0.39 is 0 Å². The van der Waals surface area contributed by atoms with E-state index in [1.807, 2.05) is 19.1 Å². The fraction of sp³-hybridized carbons (Fsp3) is 0.308. The van der Waals surface area contributed by atoms with Gasteiger partial charge in [-0.1, -0.05) is 28.1 Å². The van der Waals surface area contributed by atoms with Crippen molar-refractivity contribution in [2.75, 3.05) is 0 Å². The lowest BCUT2D eigenvalue weighted by Gasteiger charge is -2.10. The molecule has 2 nitrogen and oxygen atoms in total. The Morgan fingerprint density at radius 2 is 2.24 bits per heavy atom. The summed E-state index contributed by atoms with van der Waals surface area (Å²) in [5.74, 6) is 0. The maximum Gasteiger partial charge on any atom is 0.0897 e. The summed E-state index contributed by atoms with van der Waals surface area (Å²) in [4.78, 5) is 4.44. The SMILES string of the molecule is Cc1nc(CC(N)Cc2cccc(Br)c2)cs1. The van der Waals surface area contributed by atoms with E-state index in [9.17, 15) is 0 Å². The Hall–Kier alpha value is -0.710. The zero-order valence-electron chi connectivity index (χ0n) is 9.69. The van der Waals surface area contributed by atoms with Crippen LogP contribution in [0.25, 0.3) is 0 Å². The Labute approximate surface area is 114 Å². The molecule has 0 aliphatic carbocycles. The van der Waals surface area contributed by atoms with Crippen molar-refractivity contribution in [3.8, 4) is 0 Å². The Morgan fingerprint density at radius 3 is 2.88 bits per heavy atom. The van der Waals surface area contributed by atoms with Crippen molar-refractivity contribution in [3.05, 3.63) is 50.4 Å². The van der Waals surface area contributed by atoms with Crippen LogP contribution in [-0.2, 0) is 12.8 Å². The van der Waals surface area contributed by atoms with Gasteiger partial charge in [-0.15, -0.1) is 11.3 Å². The van der Waals surface area contributed by atoms with Gasteiger partial charge in [0.25, 0.3) is 0 Å². The van der Waals surface area contributed by atoms with Crippen molar-refractivity contribution in [1.29, 1.82) is 0 Å². The van der Waals surface area contributed by atoms with Crippen LogP contribution in [0.5, 0.6) is 0 Å². The van der Waals surface area contributed by atoms with Crippen molar-refractivity contribution in [1.82, 2.24) is 4.98 Å². The highest BCUT2D eigenvalue weighted by atomic mass is 79.9. The summed E-state index contributed by atoms with van der Waals surface area (Å²) in [6.45, 7) is 2.02. The minimum absolute atomic E-state index is 0.130. The van der Waals surface area contributed by atoms with E-state index >= 15 is 0 Å². The van der Waals surface area contributed by atoms with E-state index in [-0.39, 0.29) is 6.04 Å². The predicted molar refractivity (Wildman–Crippen MR) is 76.4 cm³/mol. The molecule has 0 radical (unpaired) electrons. The number of hydrogen-bond donors (Lipinski definition) is 1. The number of aryl methyl sites for hydroxylation is 1. The number of aromatic nitrogens is 1. The standard InChI is InChI=1S/C13H15BrN2S/c1-9-16-13(8-17-9)7-12(15)6-10-3-2-4-11(14)5-10/h2-5,8,12H,6-7,15H2,1H3. The third-order valence-corrected chi connectivity index (χ3v) is 3.84. The van der Waals surface area contributed by atoms with E-state index in [1.165, 1.54) is 5.56 Å². The first-order chi connectivity index (χ1) is 8.13. The van der Waals surface area contributed by atoms with Gasteiger partial charge in [-0.25, -0.2) is 4.98 Å². The third kappa shape index (κ3) is 3.91. The molecule has 0 spiro atoms. The number of halogens is 1. The lowest BCUT2D eigenvalue weighted by molar-refractivity contribution is 0.655.